The molecule has 1 N–H and O–H groups in total. The van der Waals surface area contributed by atoms with Crippen LogP contribution in [0.5, 0.6) is 0 Å². The molecule has 1 aliphatic rings. The molecule has 0 radical (unpaired) electrons. The summed E-state index contributed by atoms with van der Waals surface area (Å²) in [7, 11) is -4.37. The first kappa shape index (κ1) is 17.2. The summed E-state index contributed by atoms with van der Waals surface area (Å²) in [6.45, 7) is 0. The molecule has 1 heterocycles. The van der Waals surface area contributed by atoms with Gasteiger partial charge in [-0.15, -0.1) is 0 Å². The maximum Gasteiger partial charge on any atom is 1.00 e. The summed E-state index contributed by atoms with van der Waals surface area (Å²) in [4.78, 5) is 13.8. The predicted molar refractivity (Wildman–Crippen MR) is 78.7 cm³/mol. The van der Waals surface area contributed by atoms with Gasteiger partial charge in [0.15, 0.2) is 5.37 Å². The number of amides is 1. The normalized spacial score (nSPS) is 16.8. The van der Waals surface area contributed by atoms with E-state index in [2.05, 4.69) is 0 Å². The zero-order valence-electron chi connectivity index (χ0n) is 12.0. The van der Waals surface area contributed by atoms with Gasteiger partial charge in [0.05, 0.1) is 0 Å². The molecular weight excluding hydrogens is 313 g/mol. The SMILES string of the molecule is O=C(c1ccccc1)N1c2ccccc2CC1S(=O)(=O)O.[Na+]. The minimum Gasteiger partial charge on any atom is -0.288 e. The van der Waals surface area contributed by atoms with Crippen molar-refractivity contribution in [3.05, 3.63) is 65.7 Å². The molecule has 1 atom stereocenters. The van der Waals surface area contributed by atoms with Crippen LogP contribution in [0.1, 0.15) is 15.9 Å². The van der Waals surface area contributed by atoms with Gasteiger partial charge in [0.2, 0.25) is 0 Å². The van der Waals surface area contributed by atoms with Gasteiger partial charge in [-0.3, -0.25) is 14.2 Å². The van der Waals surface area contributed by atoms with Crippen molar-refractivity contribution in [2.75, 3.05) is 4.90 Å². The Morgan fingerprint density at radius 2 is 1.64 bits per heavy atom. The first-order chi connectivity index (χ1) is 9.98. The maximum atomic E-state index is 12.6. The van der Waals surface area contributed by atoms with Crippen molar-refractivity contribution in [1.82, 2.24) is 0 Å². The average Bonchev–Trinajstić information content (AvgIpc) is 2.87. The number of hydrogen-bond donors (Lipinski definition) is 1. The number of benzene rings is 2. The van der Waals surface area contributed by atoms with Crippen molar-refractivity contribution in [3.8, 4) is 0 Å². The fourth-order valence-corrected chi connectivity index (χ4v) is 3.42. The van der Waals surface area contributed by atoms with E-state index < -0.39 is 21.4 Å². The summed E-state index contributed by atoms with van der Waals surface area (Å²) in [5.74, 6) is -0.442. The van der Waals surface area contributed by atoms with Crippen molar-refractivity contribution >= 4 is 21.7 Å². The van der Waals surface area contributed by atoms with Crippen molar-refractivity contribution in [3.63, 3.8) is 0 Å². The molecule has 0 bridgehead atoms. The minimum atomic E-state index is -4.37. The average molecular weight is 326 g/mol. The van der Waals surface area contributed by atoms with E-state index in [9.17, 15) is 17.8 Å². The zero-order chi connectivity index (χ0) is 15.0. The van der Waals surface area contributed by atoms with E-state index in [-0.39, 0.29) is 36.0 Å². The number of hydrogen-bond acceptors (Lipinski definition) is 3. The number of carbonyl (C=O) groups is 1. The van der Waals surface area contributed by atoms with Crippen LogP contribution in [0.15, 0.2) is 54.6 Å². The van der Waals surface area contributed by atoms with Crippen LogP contribution in [-0.4, -0.2) is 24.3 Å². The summed E-state index contributed by atoms with van der Waals surface area (Å²) < 4.78 is 32.7. The molecule has 0 spiro atoms. The predicted octanol–water partition coefficient (Wildman–Crippen LogP) is -0.893. The van der Waals surface area contributed by atoms with Crippen LogP contribution in [-0.2, 0) is 16.5 Å². The molecule has 1 aliphatic heterocycles. The van der Waals surface area contributed by atoms with Gasteiger partial charge >= 0.3 is 29.6 Å². The summed E-state index contributed by atoms with van der Waals surface area (Å²) in [5.41, 5.74) is 1.63. The molecule has 5 nitrogen and oxygen atoms in total. The Morgan fingerprint density at radius 1 is 1.05 bits per heavy atom. The molecule has 1 unspecified atom stereocenters. The van der Waals surface area contributed by atoms with Crippen LogP contribution in [0.4, 0.5) is 5.69 Å². The van der Waals surface area contributed by atoms with Gasteiger partial charge in [-0.25, -0.2) is 0 Å². The zero-order valence-corrected chi connectivity index (χ0v) is 14.8. The maximum absolute atomic E-state index is 12.6. The van der Waals surface area contributed by atoms with Gasteiger partial charge in [-0.05, 0) is 23.8 Å². The molecule has 0 fully saturated rings. The number of para-hydroxylation sites is 1. The molecule has 1 amide bonds. The Hall–Kier alpha value is -1.18. The van der Waals surface area contributed by atoms with Crippen LogP contribution in [0.3, 0.4) is 0 Å². The fourth-order valence-electron chi connectivity index (χ4n) is 2.55. The van der Waals surface area contributed by atoms with Crippen LogP contribution in [0, 0.1) is 0 Å². The Labute approximate surface area is 151 Å². The quantitative estimate of drug-likeness (QED) is 0.574. The first-order valence-electron chi connectivity index (χ1n) is 6.41. The van der Waals surface area contributed by atoms with Gasteiger partial charge in [0.25, 0.3) is 16.0 Å². The van der Waals surface area contributed by atoms with Crippen LogP contribution >= 0.6 is 0 Å². The number of rotatable bonds is 2. The van der Waals surface area contributed by atoms with Gasteiger partial charge in [0.1, 0.15) is 0 Å². The van der Waals surface area contributed by atoms with Crippen molar-refractivity contribution in [2.45, 2.75) is 11.8 Å². The van der Waals surface area contributed by atoms with Crippen LogP contribution in [0.2, 0.25) is 0 Å². The van der Waals surface area contributed by atoms with E-state index in [1.807, 2.05) is 0 Å². The molecule has 0 aromatic heterocycles. The monoisotopic (exact) mass is 326 g/mol. The third-order valence-corrected chi connectivity index (χ3v) is 4.58. The number of anilines is 1. The van der Waals surface area contributed by atoms with E-state index >= 15 is 0 Å². The summed E-state index contributed by atoms with van der Waals surface area (Å²) >= 11 is 0. The second-order valence-corrected chi connectivity index (χ2v) is 6.42. The summed E-state index contributed by atoms with van der Waals surface area (Å²) in [6, 6.07) is 15.4. The summed E-state index contributed by atoms with van der Waals surface area (Å²) in [5, 5.41) is -1.28. The van der Waals surface area contributed by atoms with Gasteiger partial charge in [-0.1, -0.05) is 36.4 Å². The fraction of sp³-hybridized carbons (Fsp3) is 0.133. The molecule has 108 valence electrons. The van der Waals surface area contributed by atoms with Crippen molar-refractivity contribution < 1.29 is 47.3 Å². The molecule has 2 aromatic carbocycles. The molecule has 0 aliphatic carbocycles. The smallest absolute Gasteiger partial charge is 0.288 e. The third-order valence-electron chi connectivity index (χ3n) is 3.52. The Kier molecular flexibility index (Phi) is 5.09. The largest absolute Gasteiger partial charge is 1.00 e. The van der Waals surface area contributed by atoms with Gasteiger partial charge < -0.3 is 0 Å². The van der Waals surface area contributed by atoms with E-state index in [1.165, 1.54) is 0 Å². The molecule has 7 heteroatoms. The minimum absolute atomic E-state index is 0. The topological polar surface area (TPSA) is 74.7 Å². The Bertz CT molecular complexity index is 792. The molecular formula is C15H13NNaO4S+. The Morgan fingerprint density at radius 3 is 2.27 bits per heavy atom. The molecule has 0 saturated heterocycles. The number of carbonyl (C=O) groups excluding carboxylic acids is 1. The van der Waals surface area contributed by atoms with Gasteiger partial charge in [-0.2, -0.15) is 8.42 Å². The van der Waals surface area contributed by atoms with Crippen LogP contribution < -0.4 is 34.5 Å². The van der Waals surface area contributed by atoms with E-state index in [4.69, 9.17) is 0 Å². The third kappa shape index (κ3) is 3.11. The second kappa shape index (κ2) is 6.52. The van der Waals surface area contributed by atoms with Crippen molar-refractivity contribution in [1.29, 1.82) is 0 Å². The molecule has 3 rings (SSSR count). The van der Waals surface area contributed by atoms with Gasteiger partial charge in [0, 0.05) is 17.7 Å². The Balaban J connectivity index is 0.00000176. The first-order valence-corrected chi connectivity index (χ1v) is 7.91. The second-order valence-electron chi connectivity index (χ2n) is 4.84. The molecule has 2 aromatic rings. The number of nitrogens with zero attached hydrogens (tertiary/aromatic N) is 1. The molecule has 22 heavy (non-hydrogen) atoms. The van der Waals surface area contributed by atoms with Crippen LogP contribution in [0.25, 0.3) is 0 Å². The standard InChI is InChI=1S/C15H13NO4S.Na/c17-15(11-6-2-1-3-7-11)16-13-9-5-4-8-12(13)10-14(16)21(18,19)20;/h1-9,14H,10H2,(H,18,19,20);/q;+1. The molecule has 0 saturated carbocycles. The van der Waals surface area contributed by atoms with E-state index in [0.29, 0.717) is 11.3 Å². The summed E-state index contributed by atoms with van der Waals surface area (Å²) in [6.07, 6.45) is 0.0909. The van der Waals surface area contributed by atoms with Crippen molar-refractivity contribution in [2.24, 2.45) is 0 Å². The van der Waals surface area contributed by atoms with E-state index in [1.54, 1.807) is 54.6 Å². The number of fused-ring (bicyclic) bond motifs is 1. The van der Waals surface area contributed by atoms with E-state index in [0.717, 1.165) is 10.5 Å².